The average molecular weight is 520 g/mol. The maximum absolute atomic E-state index is 12.1. The molecule has 34 heavy (non-hydrogen) atoms. The van der Waals surface area contributed by atoms with Crippen LogP contribution in [-0.2, 0) is 14.4 Å². The van der Waals surface area contributed by atoms with Gasteiger partial charge in [-0.2, -0.15) is 5.10 Å². The molecule has 0 saturated carbocycles. The minimum atomic E-state index is -0.958. The molecule has 0 atom stereocenters. The molecule has 0 radical (unpaired) electrons. The zero-order chi connectivity index (χ0) is 24.5. The lowest BCUT2D eigenvalue weighted by Gasteiger charge is -2.09. The van der Waals surface area contributed by atoms with Gasteiger partial charge in [-0.15, -0.1) is 0 Å². The molecule has 0 spiro atoms. The number of carbonyl (C=O) groups is 3. The van der Waals surface area contributed by atoms with Gasteiger partial charge in [0.25, 0.3) is 5.91 Å². The zero-order valence-electron chi connectivity index (χ0n) is 17.3. The van der Waals surface area contributed by atoms with Gasteiger partial charge in [0.15, 0.2) is 6.61 Å². The predicted octanol–water partition coefficient (Wildman–Crippen LogP) is 4.75. The minimum Gasteiger partial charge on any atom is -0.484 e. The molecule has 0 heterocycles. The quantitative estimate of drug-likeness (QED) is 0.238. The van der Waals surface area contributed by atoms with Crippen molar-refractivity contribution < 1.29 is 19.1 Å². The number of rotatable bonds is 7. The average Bonchev–Trinajstić information content (AvgIpc) is 2.81. The van der Waals surface area contributed by atoms with Crippen LogP contribution < -0.4 is 20.8 Å². The molecule has 0 fully saturated rings. The van der Waals surface area contributed by atoms with E-state index in [1.54, 1.807) is 60.7 Å². The molecule has 0 aromatic heterocycles. The third-order valence-electron chi connectivity index (χ3n) is 4.12. The number of carbonyl (C=O) groups excluding carboxylic acids is 3. The lowest BCUT2D eigenvalue weighted by atomic mass is 10.2. The van der Waals surface area contributed by atoms with E-state index in [1.807, 2.05) is 0 Å². The molecule has 3 aromatic carbocycles. The second-order valence-corrected chi connectivity index (χ2v) is 7.90. The second-order valence-electron chi connectivity index (χ2n) is 6.67. The number of benzene rings is 3. The summed E-state index contributed by atoms with van der Waals surface area (Å²) < 4.78 is 5.48. The van der Waals surface area contributed by atoms with Crippen LogP contribution in [0.15, 0.2) is 71.8 Å². The van der Waals surface area contributed by atoms with Gasteiger partial charge in [-0.3, -0.25) is 14.4 Å². The van der Waals surface area contributed by atoms with Crippen LogP contribution in [0.1, 0.15) is 5.56 Å². The van der Waals surface area contributed by atoms with Crippen molar-refractivity contribution in [2.75, 3.05) is 17.2 Å². The number of nitrogens with zero attached hydrogens (tertiary/aromatic N) is 1. The minimum absolute atomic E-state index is 0.235. The Hall–Kier alpha value is -3.59. The maximum atomic E-state index is 12.1. The predicted molar refractivity (Wildman–Crippen MR) is 133 cm³/mol. The Bertz CT molecular complexity index is 1250. The summed E-state index contributed by atoms with van der Waals surface area (Å²) in [6, 6.07) is 17.9. The van der Waals surface area contributed by atoms with E-state index in [-0.39, 0.29) is 11.6 Å². The Morgan fingerprint density at radius 1 is 0.882 bits per heavy atom. The fraction of sp³-hybridized carbons (Fsp3) is 0.0435. The van der Waals surface area contributed by atoms with E-state index in [2.05, 4.69) is 21.2 Å². The van der Waals surface area contributed by atoms with Crippen molar-refractivity contribution in [3.05, 3.63) is 87.4 Å². The number of ether oxygens (including phenoxy) is 1. The number of halogens is 3. The summed E-state index contributed by atoms with van der Waals surface area (Å²) in [4.78, 5) is 36.0. The smallest absolute Gasteiger partial charge is 0.329 e. The molecule has 0 unspecified atom stereocenters. The van der Waals surface area contributed by atoms with Crippen molar-refractivity contribution in [3.63, 3.8) is 0 Å². The third kappa shape index (κ3) is 7.48. The first-order valence-corrected chi connectivity index (χ1v) is 10.8. The van der Waals surface area contributed by atoms with Crippen molar-refractivity contribution in [1.29, 1.82) is 0 Å². The first-order valence-electron chi connectivity index (χ1n) is 9.68. The first-order chi connectivity index (χ1) is 16.3. The number of nitrogens with one attached hydrogen (secondary N) is 3. The van der Waals surface area contributed by atoms with Gasteiger partial charge >= 0.3 is 11.8 Å². The Kier molecular flexibility index (Phi) is 8.86. The van der Waals surface area contributed by atoms with Gasteiger partial charge in [-0.05, 0) is 48.0 Å². The Labute approximate surface area is 209 Å². The van der Waals surface area contributed by atoms with Gasteiger partial charge < -0.3 is 15.4 Å². The van der Waals surface area contributed by atoms with Gasteiger partial charge in [-0.25, -0.2) is 5.43 Å². The van der Waals surface area contributed by atoms with Gasteiger partial charge in [0.05, 0.1) is 21.9 Å². The van der Waals surface area contributed by atoms with Crippen LogP contribution in [0.5, 0.6) is 5.75 Å². The third-order valence-corrected chi connectivity index (χ3v) is 5.18. The van der Waals surface area contributed by atoms with Gasteiger partial charge in [-0.1, -0.05) is 59.1 Å². The molecule has 3 N–H and O–H groups in total. The van der Waals surface area contributed by atoms with E-state index in [9.17, 15) is 14.4 Å². The van der Waals surface area contributed by atoms with E-state index in [0.29, 0.717) is 32.7 Å². The van der Waals surface area contributed by atoms with Gasteiger partial charge in [0, 0.05) is 10.7 Å². The largest absolute Gasteiger partial charge is 0.484 e. The highest BCUT2D eigenvalue weighted by molar-refractivity contribution is 6.44. The van der Waals surface area contributed by atoms with Crippen LogP contribution >= 0.6 is 34.8 Å². The Morgan fingerprint density at radius 2 is 1.65 bits per heavy atom. The Morgan fingerprint density at radius 3 is 2.44 bits per heavy atom. The van der Waals surface area contributed by atoms with Crippen molar-refractivity contribution in [3.8, 4) is 5.75 Å². The van der Waals surface area contributed by atoms with E-state index < -0.39 is 17.7 Å². The molecule has 0 bridgehead atoms. The molecule has 0 aliphatic heterocycles. The van der Waals surface area contributed by atoms with Crippen molar-refractivity contribution in [1.82, 2.24) is 5.43 Å². The number of hydrogen-bond donors (Lipinski definition) is 3. The maximum Gasteiger partial charge on any atom is 0.329 e. The normalized spacial score (nSPS) is 10.6. The van der Waals surface area contributed by atoms with Crippen molar-refractivity contribution >= 4 is 70.1 Å². The summed E-state index contributed by atoms with van der Waals surface area (Å²) in [5.41, 5.74) is 3.44. The molecule has 11 heteroatoms. The highest BCUT2D eigenvalue weighted by Crippen LogP contribution is 2.29. The molecule has 3 rings (SSSR count). The van der Waals surface area contributed by atoms with Crippen molar-refractivity contribution in [2.24, 2.45) is 5.10 Å². The summed E-state index contributed by atoms with van der Waals surface area (Å²) >= 11 is 17.8. The highest BCUT2D eigenvalue weighted by Gasteiger charge is 2.13. The van der Waals surface area contributed by atoms with Crippen LogP contribution in [0, 0.1) is 0 Å². The van der Waals surface area contributed by atoms with E-state index >= 15 is 0 Å². The molecule has 8 nitrogen and oxygen atoms in total. The topological polar surface area (TPSA) is 109 Å². The molecule has 3 amide bonds. The summed E-state index contributed by atoms with van der Waals surface area (Å²) in [6.07, 6.45) is 1.32. The fourth-order valence-electron chi connectivity index (χ4n) is 2.59. The number of hydrogen-bond acceptors (Lipinski definition) is 5. The lowest BCUT2D eigenvalue weighted by Crippen LogP contribution is -2.32. The van der Waals surface area contributed by atoms with Crippen LogP contribution in [0.4, 0.5) is 11.4 Å². The molecule has 174 valence electrons. The second kappa shape index (κ2) is 12.0. The van der Waals surface area contributed by atoms with Gasteiger partial charge in [0.2, 0.25) is 0 Å². The monoisotopic (exact) mass is 518 g/mol. The van der Waals surface area contributed by atoms with Crippen LogP contribution in [0.25, 0.3) is 0 Å². The molecule has 0 aliphatic carbocycles. The van der Waals surface area contributed by atoms with Crippen LogP contribution in [0.3, 0.4) is 0 Å². The molecule has 0 aliphatic rings. The van der Waals surface area contributed by atoms with Crippen LogP contribution in [-0.4, -0.2) is 30.5 Å². The summed E-state index contributed by atoms with van der Waals surface area (Å²) in [7, 11) is 0. The van der Waals surface area contributed by atoms with Crippen molar-refractivity contribution in [2.45, 2.75) is 0 Å². The lowest BCUT2D eigenvalue weighted by molar-refractivity contribution is -0.136. The van der Waals surface area contributed by atoms with E-state index in [0.717, 1.165) is 0 Å². The standard InChI is InChI=1S/C23H17Cl3N4O4/c24-15-5-2-6-16(11-15)28-22(32)23(33)30-27-12-14-4-1-7-17(10-14)34-13-20(31)29-19-9-3-8-18(25)21(19)26/h1-12H,13H2,(H,28,32)(H,29,31)(H,30,33)/b27-12-. The number of anilines is 2. The first kappa shape index (κ1) is 25.0. The molecular weight excluding hydrogens is 503 g/mol. The van der Waals surface area contributed by atoms with E-state index in [4.69, 9.17) is 39.5 Å². The number of hydrazone groups is 1. The van der Waals surface area contributed by atoms with Gasteiger partial charge in [0.1, 0.15) is 5.75 Å². The highest BCUT2D eigenvalue weighted by atomic mass is 35.5. The fourth-order valence-corrected chi connectivity index (χ4v) is 3.13. The molecular formula is C23H17Cl3N4O4. The Balaban J connectivity index is 1.49. The summed E-state index contributed by atoms with van der Waals surface area (Å²) in [6.45, 7) is -0.274. The summed E-state index contributed by atoms with van der Waals surface area (Å²) in [5, 5.41) is 9.76. The number of amides is 3. The van der Waals surface area contributed by atoms with E-state index in [1.165, 1.54) is 12.3 Å². The summed E-state index contributed by atoms with van der Waals surface area (Å²) in [5.74, 6) is -1.90. The molecule has 0 saturated heterocycles. The molecule has 3 aromatic rings. The SMILES string of the molecule is O=C(COc1cccc(/C=N\NC(=O)C(=O)Nc2cccc(Cl)c2)c1)Nc1cccc(Cl)c1Cl. The van der Waals surface area contributed by atoms with Crippen LogP contribution in [0.2, 0.25) is 15.1 Å². The zero-order valence-corrected chi connectivity index (χ0v) is 19.6.